The molecule has 5 nitrogen and oxygen atoms in total. The zero-order valence-corrected chi connectivity index (χ0v) is 20.7. The fraction of sp³-hybridized carbons (Fsp3) is 0.222. The normalized spacial score (nSPS) is 11.4. The van der Waals surface area contributed by atoms with E-state index in [9.17, 15) is 8.78 Å². The van der Waals surface area contributed by atoms with E-state index in [1.54, 1.807) is 32.4 Å². The largest absolute Gasteiger partial charge is 0.493 e. The summed E-state index contributed by atoms with van der Waals surface area (Å²) in [5, 5.41) is 3.50. The number of aromatic nitrogens is 2. The highest BCUT2D eigenvalue weighted by Gasteiger charge is 2.30. The molecule has 4 aromatic rings. The van der Waals surface area contributed by atoms with Crippen molar-refractivity contribution in [3.05, 3.63) is 101 Å². The molecule has 0 bridgehead atoms. The van der Waals surface area contributed by atoms with Crippen molar-refractivity contribution in [3.63, 3.8) is 0 Å². The van der Waals surface area contributed by atoms with Crippen LogP contribution in [-0.4, -0.2) is 23.8 Å². The van der Waals surface area contributed by atoms with Crippen LogP contribution in [0.5, 0.6) is 11.5 Å². The molecule has 0 atom stereocenters. The zero-order valence-electron chi connectivity index (χ0n) is 19.9. The molecule has 0 aliphatic carbocycles. The van der Waals surface area contributed by atoms with Crippen molar-refractivity contribution in [1.29, 1.82) is 0 Å². The van der Waals surface area contributed by atoms with Gasteiger partial charge >= 0.3 is 0 Å². The van der Waals surface area contributed by atoms with Crippen molar-refractivity contribution >= 4 is 17.3 Å². The Labute approximate surface area is 208 Å². The molecule has 0 aliphatic rings. The number of rotatable bonds is 8. The van der Waals surface area contributed by atoms with Gasteiger partial charge in [0, 0.05) is 17.3 Å². The van der Waals surface area contributed by atoms with Crippen LogP contribution in [0.25, 0.3) is 5.69 Å². The van der Waals surface area contributed by atoms with E-state index in [0.717, 1.165) is 16.9 Å². The van der Waals surface area contributed by atoms with Gasteiger partial charge in [0.2, 0.25) is 0 Å². The quantitative estimate of drug-likeness (QED) is 0.292. The van der Waals surface area contributed by atoms with Gasteiger partial charge < -0.3 is 14.8 Å². The van der Waals surface area contributed by atoms with E-state index in [-0.39, 0.29) is 10.8 Å². The van der Waals surface area contributed by atoms with Crippen LogP contribution in [-0.2, 0) is 12.0 Å². The van der Waals surface area contributed by atoms with E-state index >= 15 is 0 Å². The topological polar surface area (TPSA) is 48.3 Å². The zero-order chi connectivity index (χ0) is 25.2. The molecule has 0 amide bonds. The molecule has 182 valence electrons. The maximum absolute atomic E-state index is 13.7. The average molecular weight is 498 g/mol. The van der Waals surface area contributed by atoms with Crippen molar-refractivity contribution < 1.29 is 18.3 Å². The number of hydrogen-bond donors (Lipinski definition) is 1. The van der Waals surface area contributed by atoms with Crippen LogP contribution in [0.15, 0.2) is 66.9 Å². The first-order chi connectivity index (χ1) is 16.7. The van der Waals surface area contributed by atoms with E-state index in [1.807, 2.05) is 29.0 Å². The van der Waals surface area contributed by atoms with Gasteiger partial charge in [0.05, 0.1) is 37.2 Å². The van der Waals surface area contributed by atoms with Crippen LogP contribution in [0.4, 0.5) is 14.5 Å². The molecule has 8 heteroatoms. The third-order valence-corrected chi connectivity index (χ3v) is 6.35. The second-order valence-corrected chi connectivity index (χ2v) is 8.95. The van der Waals surface area contributed by atoms with Crippen molar-refractivity contribution in [1.82, 2.24) is 9.55 Å². The average Bonchev–Trinajstić information content (AvgIpc) is 3.28. The number of nitrogens with zero attached hydrogens (tertiary/aromatic N) is 2. The van der Waals surface area contributed by atoms with Crippen LogP contribution in [0.1, 0.15) is 30.9 Å². The lowest BCUT2D eigenvalue weighted by atomic mass is 9.81. The van der Waals surface area contributed by atoms with Crippen LogP contribution in [0, 0.1) is 11.6 Å². The second-order valence-electron chi connectivity index (χ2n) is 8.54. The Morgan fingerprint density at radius 3 is 2.26 bits per heavy atom. The first kappa shape index (κ1) is 24.5. The Bertz CT molecular complexity index is 1340. The van der Waals surface area contributed by atoms with Gasteiger partial charge in [0.15, 0.2) is 11.5 Å². The molecule has 4 rings (SSSR count). The lowest BCUT2D eigenvalue weighted by Crippen LogP contribution is -2.24. The summed E-state index contributed by atoms with van der Waals surface area (Å²) in [6, 6.07) is 16.2. The Hall–Kier alpha value is -3.58. The maximum atomic E-state index is 13.7. The summed E-state index contributed by atoms with van der Waals surface area (Å²) in [5.41, 5.74) is 2.71. The molecular weight excluding hydrogens is 472 g/mol. The number of methoxy groups -OCH3 is 2. The van der Waals surface area contributed by atoms with Crippen molar-refractivity contribution in [2.24, 2.45) is 0 Å². The Balaban J connectivity index is 1.78. The van der Waals surface area contributed by atoms with Crippen LogP contribution in [0.3, 0.4) is 0 Å². The number of halogens is 3. The third kappa shape index (κ3) is 4.95. The summed E-state index contributed by atoms with van der Waals surface area (Å²) >= 11 is 6.19. The third-order valence-electron chi connectivity index (χ3n) is 6.03. The summed E-state index contributed by atoms with van der Waals surface area (Å²) in [5.74, 6) is 1.21. The lowest BCUT2D eigenvalue weighted by molar-refractivity contribution is 0.353. The summed E-state index contributed by atoms with van der Waals surface area (Å²) in [4.78, 5) is 4.68. The van der Waals surface area contributed by atoms with Gasteiger partial charge in [0.1, 0.15) is 17.5 Å². The molecule has 0 aliphatic heterocycles. The molecular formula is C27H26ClF2N3O2. The van der Waals surface area contributed by atoms with E-state index < -0.39 is 11.2 Å². The Morgan fingerprint density at radius 2 is 1.60 bits per heavy atom. The van der Waals surface area contributed by atoms with Gasteiger partial charge in [0.25, 0.3) is 0 Å². The molecule has 1 N–H and O–H groups in total. The molecule has 0 fully saturated rings. The minimum absolute atomic E-state index is 0.274. The van der Waals surface area contributed by atoms with Gasteiger partial charge in [-0.15, -0.1) is 0 Å². The summed E-state index contributed by atoms with van der Waals surface area (Å²) in [6.07, 6.45) is 1.81. The van der Waals surface area contributed by atoms with Gasteiger partial charge in [-0.2, -0.15) is 0 Å². The molecule has 3 aromatic carbocycles. The highest BCUT2D eigenvalue weighted by molar-refractivity contribution is 6.33. The van der Waals surface area contributed by atoms with E-state index in [0.29, 0.717) is 29.6 Å². The molecule has 1 heterocycles. The van der Waals surface area contributed by atoms with Crippen LogP contribution < -0.4 is 14.8 Å². The SMILES string of the molecule is COc1ccc(C(C)(C)c2cnc(CNc3ccc(F)cc3Cl)n2-c2ccc(F)cc2)cc1OC. The van der Waals surface area contributed by atoms with Gasteiger partial charge in [-0.05, 0) is 60.2 Å². The minimum Gasteiger partial charge on any atom is -0.493 e. The monoisotopic (exact) mass is 497 g/mol. The molecule has 0 unspecified atom stereocenters. The van der Waals surface area contributed by atoms with E-state index in [2.05, 4.69) is 24.1 Å². The van der Waals surface area contributed by atoms with Crippen molar-refractivity contribution in [3.8, 4) is 17.2 Å². The van der Waals surface area contributed by atoms with Gasteiger partial charge in [-0.1, -0.05) is 31.5 Å². The molecule has 0 radical (unpaired) electrons. The Morgan fingerprint density at radius 1 is 0.914 bits per heavy atom. The smallest absolute Gasteiger partial charge is 0.161 e. The molecule has 1 aromatic heterocycles. The van der Waals surface area contributed by atoms with Gasteiger partial charge in [-0.3, -0.25) is 4.57 Å². The highest BCUT2D eigenvalue weighted by atomic mass is 35.5. The number of imidazole rings is 1. The summed E-state index contributed by atoms with van der Waals surface area (Å²) < 4.78 is 40.1. The Kier molecular flexibility index (Phi) is 6.98. The number of hydrogen-bond acceptors (Lipinski definition) is 4. The maximum Gasteiger partial charge on any atom is 0.161 e. The van der Waals surface area contributed by atoms with Crippen molar-refractivity contribution in [2.75, 3.05) is 19.5 Å². The molecule has 0 saturated heterocycles. The summed E-state index contributed by atoms with van der Waals surface area (Å²) in [7, 11) is 3.20. The van der Waals surface area contributed by atoms with Gasteiger partial charge in [-0.25, -0.2) is 13.8 Å². The van der Waals surface area contributed by atoms with Crippen LogP contribution >= 0.6 is 11.6 Å². The predicted octanol–water partition coefficient (Wildman–Crippen LogP) is 6.76. The summed E-state index contributed by atoms with van der Waals surface area (Å²) in [6.45, 7) is 4.48. The minimum atomic E-state index is -0.507. The molecule has 0 saturated carbocycles. The van der Waals surface area contributed by atoms with E-state index in [4.69, 9.17) is 21.1 Å². The van der Waals surface area contributed by atoms with Crippen molar-refractivity contribution in [2.45, 2.75) is 25.8 Å². The first-order valence-electron chi connectivity index (χ1n) is 11.0. The molecule has 35 heavy (non-hydrogen) atoms. The fourth-order valence-corrected chi connectivity index (χ4v) is 4.25. The predicted molar refractivity (Wildman–Crippen MR) is 134 cm³/mol. The second kappa shape index (κ2) is 9.96. The number of anilines is 1. The van der Waals surface area contributed by atoms with E-state index in [1.165, 1.54) is 24.3 Å². The van der Waals surface area contributed by atoms with Crippen LogP contribution in [0.2, 0.25) is 5.02 Å². The first-order valence-corrected chi connectivity index (χ1v) is 11.4. The lowest BCUT2D eigenvalue weighted by Gasteiger charge is -2.28. The standard InChI is InChI=1S/C27H26ClF2N3O2/c1-27(2,17-5-12-23(34-3)24(13-17)35-4)25-15-32-26(33(25)20-9-6-18(29)7-10-20)16-31-22-11-8-19(30)14-21(22)28/h5-15,31H,16H2,1-4H3. The number of nitrogens with one attached hydrogen (secondary N) is 1. The number of ether oxygens (including phenoxy) is 2. The highest BCUT2D eigenvalue weighted by Crippen LogP contribution is 2.38. The number of benzene rings is 3. The fourth-order valence-electron chi connectivity index (χ4n) is 4.01. The molecule has 0 spiro atoms.